The maximum Gasteiger partial charge on any atom is 0.407 e. The van der Waals surface area contributed by atoms with Gasteiger partial charge in [0, 0.05) is 13.0 Å². The van der Waals surface area contributed by atoms with Crippen molar-refractivity contribution in [3.8, 4) is 0 Å². The lowest BCUT2D eigenvalue weighted by Crippen LogP contribution is -2.29. The Labute approximate surface area is 82.7 Å². The number of carbonyl (C=O) groups excluding carboxylic acids is 1. The Hall–Kier alpha value is -1.52. The van der Waals surface area contributed by atoms with Crippen LogP contribution in [0, 0.1) is 5.92 Å². The summed E-state index contributed by atoms with van der Waals surface area (Å²) in [5, 5.41) is 10.9. The van der Waals surface area contributed by atoms with Crippen LogP contribution in [0.2, 0.25) is 0 Å². The van der Waals surface area contributed by atoms with E-state index >= 15 is 0 Å². The molecule has 0 aromatic carbocycles. The van der Waals surface area contributed by atoms with E-state index in [1.54, 1.807) is 6.92 Å². The average Bonchev–Trinajstić information content (AvgIpc) is 2.10. The highest BCUT2D eigenvalue weighted by Crippen LogP contribution is 1.99. The van der Waals surface area contributed by atoms with Gasteiger partial charge in [0.15, 0.2) is 0 Å². The topological polar surface area (TPSA) is 75.6 Å². The van der Waals surface area contributed by atoms with Gasteiger partial charge in [0.2, 0.25) is 0 Å². The third-order valence-corrected chi connectivity index (χ3v) is 1.45. The molecule has 0 radical (unpaired) electrons. The zero-order valence-corrected chi connectivity index (χ0v) is 8.16. The Bertz CT molecular complexity index is 215. The van der Waals surface area contributed by atoms with Gasteiger partial charge in [-0.15, -0.1) is 0 Å². The number of hydrogen-bond acceptors (Lipinski definition) is 3. The number of amides is 1. The van der Waals surface area contributed by atoms with Gasteiger partial charge in [0.25, 0.3) is 0 Å². The van der Waals surface area contributed by atoms with Crippen molar-refractivity contribution in [1.29, 1.82) is 0 Å². The molecule has 0 heterocycles. The molecule has 0 aliphatic rings. The maximum absolute atomic E-state index is 10.9. The number of carboxylic acid groups (broad SMARTS) is 1. The Morgan fingerprint density at radius 3 is 2.79 bits per heavy atom. The molecule has 0 aromatic heterocycles. The van der Waals surface area contributed by atoms with Gasteiger partial charge in [-0.2, -0.15) is 0 Å². The lowest BCUT2D eigenvalue weighted by atomic mass is 10.1. The summed E-state index contributed by atoms with van der Waals surface area (Å²) < 4.78 is 4.63. The average molecular weight is 201 g/mol. The minimum absolute atomic E-state index is 0.0295. The summed E-state index contributed by atoms with van der Waals surface area (Å²) in [6.45, 7) is 5.57. The van der Waals surface area contributed by atoms with Crippen LogP contribution >= 0.6 is 0 Å². The Kier molecular flexibility index (Phi) is 6.19. The summed E-state index contributed by atoms with van der Waals surface area (Å²) >= 11 is 0. The highest BCUT2D eigenvalue weighted by Gasteiger charge is 2.09. The van der Waals surface area contributed by atoms with E-state index in [1.165, 1.54) is 6.08 Å². The standard InChI is InChI=1S/C9H15NO4/c1-3-4-14-9(13)10-6-7(2)5-8(11)12/h3,7H,1,4-6H2,2H3,(H,10,13)(H,11,12)/t7-/m1/s1. The zero-order valence-electron chi connectivity index (χ0n) is 8.16. The van der Waals surface area contributed by atoms with E-state index in [0.717, 1.165) is 0 Å². The van der Waals surface area contributed by atoms with Crippen molar-refractivity contribution < 1.29 is 19.4 Å². The van der Waals surface area contributed by atoms with E-state index in [2.05, 4.69) is 16.6 Å². The molecule has 0 aliphatic carbocycles. The van der Waals surface area contributed by atoms with Gasteiger partial charge in [-0.1, -0.05) is 19.6 Å². The fraction of sp³-hybridized carbons (Fsp3) is 0.556. The van der Waals surface area contributed by atoms with Crippen LogP contribution in [0.15, 0.2) is 12.7 Å². The molecular weight excluding hydrogens is 186 g/mol. The molecular formula is C9H15NO4. The van der Waals surface area contributed by atoms with Crippen LogP contribution in [-0.2, 0) is 9.53 Å². The number of carbonyl (C=O) groups is 2. The molecule has 1 atom stereocenters. The summed E-state index contributed by atoms with van der Waals surface area (Å²) in [5.74, 6) is -0.984. The quantitative estimate of drug-likeness (QED) is 0.629. The summed E-state index contributed by atoms with van der Waals surface area (Å²) in [4.78, 5) is 21.1. The van der Waals surface area contributed by atoms with Crippen LogP contribution in [0.3, 0.4) is 0 Å². The van der Waals surface area contributed by atoms with Crippen LogP contribution in [0.1, 0.15) is 13.3 Å². The van der Waals surface area contributed by atoms with Crippen molar-refractivity contribution >= 4 is 12.1 Å². The third kappa shape index (κ3) is 7.15. The molecule has 80 valence electrons. The smallest absolute Gasteiger partial charge is 0.407 e. The van der Waals surface area contributed by atoms with Gasteiger partial charge >= 0.3 is 12.1 Å². The molecule has 5 heteroatoms. The van der Waals surface area contributed by atoms with E-state index in [-0.39, 0.29) is 18.9 Å². The van der Waals surface area contributed by atoms with E-state index in [1.807, 2.05) is 0 Å². The first-order valence-corrected chi connectivity index (χ1v) is 4.29. The van der Waals surface area contributed by atoms with E-state index in [0.29, 0.717) is 6.54 Å². The maximum atomic E-state index is 10.9. The number of alkyl carbamates (subject to hydrolysis) is 1. The van der Waals surface area contributed by atoms with Gasteiger partial charge in [-0.05, 0) is 5.92 Å². The largest absolute Gasteiger partial charge is 0.481 e. The third-order valence-electron chi connectivity index (χ3n) is 1.45. The molecule has 5 nitrogen and oxygen atoms in total. The molecule has 0 aliphatic heterocycles. The molecule has 2 N–H and O–H groups in total. The van der Waals surface area contributed by atoms with E-state index in [4.69, 9.17) is 5.11 Å². The highest BCUT2D eigenvalue weighted by atomic mass is 16.5. The molecule has 0 aromatic rings. The fourth-order valence-corrected chi connectivity index (χ4v) is 0.813. The van der Waals surface area contributed by atoms with Gasteiger partial charge < -0.3 is 15.2 Å². The highest BCUT2D eigenvalue weighted by molar-refractivity contribution is 5.68. The van der Waals surface area contributed by atoms with Crippen molar-refractivity contribution in [2.45, 2.75) is 13.3 Å². The monoisotopic (exact) mass is 201 g/mol. The second-order valence-electron chi connectivity index (χ2n) is 2.97. The van der Waals surface area contributed by atoms with E-state index < -0.39 is 12.1 Å². The first kappa shape index (κ1) is 12.5. The molecule has 0 saturated heterocycles. The minimum atomic E-state index is -0.876. The number of carboxylic acids is 1. The lowest BCUT2D eigenvalue weighted by molar-refractivity contribution is -0.137. The number of hydrogen-bond donors (Lipinski definition) is 2. The van der Waals surface area contributed by atoms with Crippen LogP contribution < -0.4 is 5.32 Å². The summed E-state index contributed by atoms with van der Waals surface area (Å²) in [7, 11) is 0. The fourth-order valence-electron chi connectivity index (χ4n) is 0.813. The van der Waals surface area contributed by atoms with Crippen LogP contribution in [0.4, 0.5) is 4.79 Å². The molecule has 0 rings (SSSR count). The van der Waals surface area contributed by atoms with E-state index in [9.17, 15) is 9.59 Å². The van der Waals surface area contributed by atoms with Gasteiger partial charge in [-0.3, -0.25) is 4.79 Å². The zero-order chi connectivity index (χ0) is 11.0. The first-order chi connectivity index (χ1) is 6.56. The number of ether oxygens (including phenoxy) is 1. The van der Waals surface area contributed by atoms with Gasteiger partial charge in [-0.25, -0.2) is 4.79 Å². The second-order valence-corrected chi connectivity index (χ2v) is 2.97. The van der Waals surface area contributed by atoms with Gasteiger partial charge in [0.1, 0.15) is 6.61 Å². The predicted molar refractivity (Wildman–Crippen MR) is 51.0 cm³/mol. The van der Waals surface area contributed by atoms with Crippen LogP contribution in [-0.4, -0.2) is 30.3 Å². The summed E-state index contributed by atoms with van der Waals surface area (Å²) in [5.41, 5.74) is 0. The number of aliphatic carboxylic acids is 1. The number of rotatable bonds is 6. The minimum Gasteiger partial charge on any atom is -0.481 e. The Morgan fingerprint density at radius 1 is 1.64 bits per heavy atom. The Balaban J connectivity index is 3.55. The molecule has 0 unspecified atom stereocenters. The van der Waals surface area contributed by atoms with Crippen molar-refractivity contribution in [3.63, 3.8) is 0 Å². The summed E-state index contributed by atoms with van der Waals surface area (Å²) in [6, 6.07) is 0. The second kappa shape index (κ2) is 6.94. The Morgan fingerprint density at radius 2 is 2.29 bits per heavy atom. The van der Waals surface area contributed by atoms with Crippen molar-refractivity contribution in [2.75, 3.05) is 13.2 Å². The van der Waals surface area contributed by atoms with Crippen molar-refractivity contribution in [2.24, 2.45) is 5.92 Å². The predicted octanol–water partition coefficient (Wildman–Crippen LogP) is 1.01. The van der Waals surface area contributed by atoms with Gasteiger partial charge in [0.05, 0.1) is 0 Å². The molecule has 14 heavy (non-hydrogen) atoms. The lowest BCUT2D eigenvalue weighted by Gasteiger charge is -2.09. The molecule has 1 amide bonds. The van der Waals surface area contributed by atoms with Crippen LogP contribution in [0.5, 0.6) is 0 Å². The first-order valence-electron chi connectivity index (χ1n) is 4.29. The molecule has 0 saturated carbocycles. The molecule has 0 fully saturated rings. The molecule has 0 bridgehead atoms. The number of nitrogens with one attached hydrogen (secondary N) is 1. The van der Waals surface area contributed by atoms with Crippen molar-refractivity contribution in [1.82, 2.24) is 5.32 Å². The molecule has 0 spiro atoms. The normalized spacial score (nSPS) is 11.5. The van der Waals surface area contributed by atoms with Crippen molar-refractivity contribution in [3.05, 3.63) is 12.7 Å². The summed E-state index contributed by atoms with van der Waals surface area (Å²) in [6.07, 6.45) is 0.935. The SMILES string of the molecule is C=CCOC(=O)NC[C@H](C)CC(=O)O. The van der Waals surface area contributed by atoms with Crippen LogP contribution in [0.25, 0.3) is 0 Å².